The third kappa shape index (κ3) is 4.12. The predicted molar refractivity (Wildman–Crippen MR) is 79.4 cm³/mol. The molecule has 0 amide bonds. The second kappa shape index (κ2) is 7.50. The fourth-order valence-corrected chi connectivity index (χ4v) is 2.40. The van der Waals surface area contributed by atoms with E-state index in [1.54, 1.807) is 7.11 Å². The molecule has 0 radical (unpaired) electrons. The van der Waals surface area contributed by atoms with Gasteiger partial charge < -0.3 is 19.5 Å². The van der Waals surface area contributed by atoms with E-state index in [4.69, 9.17) is 14.2 Å². The van der Waals surface area contributed by atoms with Crippen molar-refractivity contribution in [2.75, 3.05) is 20.3 Å². The van der Waals surface area contributed by atoms with Crippen molar-refractivity contribution in [3.05, 3.63) is 23.8 Å². The van der Waals surface area contributed by atoms with Gasteiger partial charge in [-0.15, -0.1) is 0 Å². The number of rotatable bonds is 7. The van der Waals surface area contributed by atoms with Gasteiger partial charge in [-0.2, -0.15) is 0 Å². The Labute approximate surface area is 121 Å². The van der Waals surface area contributed by atoms with Gasteiger partial charge in [0.25, 0.3) is 0 Å². The molecule has 2 unspecified atom stereocenters. The van der Waals surface area contributed by atoms with E-state index in [1.807, 2.05) is 12.1 Å². The summed E-state index contributed by atoms with van der Waals surface area (Å²) < 4.78 is 17.0. The Morgan fingerprint density at radius 3 is 2.80 bits per heavy atom. The number of methoxy groups -OCH3 is 1. The van der Waals surface area contributed by atoms with Crippen LogP contribution in [-0.2, 0) is 11.3 Å². The van der Waals surface area contributed by atoms with Crippen LogP contribution in [0.5, 0.6) is 11.5 Å². The van der Waals surface area contributed by atoms with Gasteiger partial charge in [0.2, 0.25) is 0 Å². The predicted octanol–water partition coefficient (Wildman–Crippen LogP) is 2.75. The number of nitrogens with one attached hydrogen (secondary N) is 1. The number of hydrogen-bond donors (Lipinski definition) is 1. The molecular formula is C16H25NO3. The molecule has 2 rings (SSSR count). The van der Waals surface area contributed by atoms with Gasteiger partial charge in [0.15, 0.2) is 11.5 Å². The van der Waals surface area contributed by atoms with Crippen molar-refractivity contribution in [2.45, 2.75) is 45.4 Å². The summed E-state index contributed by atoms with van der Waals surface area (Å²) in [6.45, 7) is 6.59. The molecule has 4 heteroatoms. The molecule has 1 fully saturated rings. The topological polar surface area (TPSA) is 39.7 Å². The molecule has 1 aromatic carbocycles. The van der Waals surface area contributed by atoms with Crippen LogP contribution in [0.15, 0.2) is 18.2 Å². The maximum absolute atomic E-state index is 5.85. The maximum atomic E-state index is 5.85. The Bertz CT molecular complexity index is 422. The molecule has 112 valence electrons. The Kier molecular flexibility index (Phi) is 5.68. The molecule has 0 saturated carbocycles. The van der Waals surface area contributed by atoms with E-state index in [2.05, 4.69) is 25.2 Å². The zero-order valence-corrected chi connectivity index (χ0v) is 12.6. The Hall–Kier alpha value is -1.26. The normalized spacial score (nSPS) is 21.9. The molecule has 4 nitrogen and oxygen atoms in total. The monoisotopic (exact) mass is 279 g/mol. The van der Waals surface area contributed by atoms with E-state index >= 15 is 0 Å². The first-order valence-corrected chi connectivity index (χ1v) is 7.38. The maximum Gasteiger partial charge on any atom is 0.161 e. The highest BCUT2D eigenvalue weighted by Gasteiger charge is 2.22. The van der Waals surface area contributed by atoms with Crippen LogP contribution in [0.1, 0.15) is 32.3 Å². The molecule has 1 saturated heterocycles. The quantitative estimate of drug-likeness (QED) is 0.833. The van der Waals surface area contributed by atoms with Crippen molar-refractivity contribution in [2.24, 2.45) is 0 Å². The second-order valence-corrected chi connectivity index (χ2v) is 5.22. The van der Waals surface area contributed by atoms with E-state index < -0.39 is 0 Å². The van der Waals surface area contributed by atoms with E-state index in [9.17, 15) is 0 Å². The van der Waals surface area contributed by atoms with Crippen LogP contribution in [0.25, 0.3) is 0 Å². The van der Waals surface area contributed by atoms with Crippen LogP contribution in [-0.4, -0.2) is 32.5 Å². The van der Waals surface area contributed by atoms with Crippen LogP contribution >= 0.6 is 0 Å². The highest BCUT2D eigenvalue weighted by atomic mass is 16.6. The van der Waals surface area contributed by atoms with Crippen molar-refractivity contribution in [3.8, 4) is 11.5 Å². The van der Waals surface area contributed by atoms with Crippen LogP contribution in [0.4, 0.5) is 0 Å². The molecule has 0 aromatic heterocycles. The Balaban J connectivity index is 1.93. The lowest BCUT2D eigenvalue weighted by Gasteiger charge is -2.15. The first-order chi connectivity index (χ1) is 9.72. The molecule has 1 aromatic rings. The van der Waals surface area contributed by atoms with E-state index in [0.717, 1.165) is 37.4 Å². The van der Waals surface area contributed by atoms with Crippen LogP contribution < -0.4 is 14.8 Å². The van der Waals surface area contributed by atoms with E-state index in [0.29, 0.717) is 12.7 Å². The fraction of sp³-hybridized carbons (Fsp3) is 0.625. The van der Waals surface area contributed by atoms with Crippen molar-refractivity contribution < 1.29 is 14.2 Å². The lowest BCUT2D eigenvalue weighted by atomic mass is 10.2. The van der Waals surface area contributed by atoms with Gasteiger partial charge in [0.05, 0.1) is 19.3 Å². The summed E-state index contributed by atoms with van der Waals surface area (Å²) in [5, 5.41) is 3.30. The summed E-state index contributed by atoms with van der Waals surface area (Å²) in [6, 6.07) is 6.07. The molecule has 0 bridgehead atoms. The molecule has 2 atom stereocenters. The van der Waals surface area contributed by atoms with Gasteiger partial charge in [0, 0.05) is 6.54 Å². The summed E-state index contributed by atoms with van der Waals surface area (Å²) in [7, 11) is 1.67. The lowest BCUT2D eigenvalue weighted by Crippen LogP contribution is -2.18. The zero-order chi connectivity index (χ0) is 14.4. The molecule has 0 spiro atoms. The van der Waals surface area contributed by atoms with Gasteiger partial charge in [0.1, 0.15) is 6.61 Å². The van der Waals surface area contributed by atoms with E-state index in [1.165, 1.54) is 5.56 Å². The average Bonchev–Trinajstić information content (AvgIpc) is 2.88. The minimum absolute atomic E-state index is 0.205. The number of benzene rings is 1. The third-order valence-electron chi connectivity index (χ3n) is 3.55. The van der Waals surface area contributed by atoms with Crippen molar-refractivity contribution >= 4 is 0 Å². The first kappa shape index (κ1) is 15.1. The van der Waals surface area contributed by atoms with Crippen molar-refractivity contribution in [1.29, 1.82) is 0 Å². The highest BCUT2D eigenvalue weighted by molar-refractivity contribution is 5.43. The van der Waals surface area contributed by atoms with Gasteiger partial charge in [-0.05, 0) is 44.0 Å². The van der Waals surface area contributed by atoms with Gasteiger partial charge >= 0.3 is 0 Å². The molecule has 1 aliphatic heterocycles. The molecule has 20 heavy (non-hydrogen) atoms. The Morgan fingerprint density at radius 2 is 2.15 bits per heavy atom. The van der Waals surface area contributed by atoms with Crippen LogP contribution in [0, 0.1) is 0 Å². The molecular weight excluding hydrogens is 254 g/mol. The van der Waals surface area contributed by atoms with Gasteiger partial charge in [-0.3, -0.25) is 0 Å². The number of hydrogen-bond acceptors (Lipinski definition) is 4. The van der Waals surface area contributed by atoms with Gasteiger partial charge in [-0.25, -0.2) is 0 Å². The average molecular weight is 279 g/mol. The fourth-order valence-electron chi connectivity index (χ4n) is 2.40. The summed E-state index contributed by atoms with van der Waals surface area (Å²) in [6.07, 6.45) is 2.75. The second-order valence-electron chi connectivity index (χ2n) is 5.22. The molecule has 1 heterocycles. The minimum atomic E-state index is 0.205. The summed E-state index contributed by atoms with van der Waals surface area (Å²) in [5.74, 6) is 1.57. The minimum Gasteiger partial charge on any atom is -0.493 e. The summed E-state index contributed by atoms with van der Waals surface area (Å²) in [4.78, 5) is 0. The standard InChI is InChI=1S/C16H25NO3/c1-4-17-10-13-6-8-15(16(9-13)18-3)19-11-14-7-5-12(2)20-14/h6,8-9,12,14,17H,4-5,7,10-11H2,1-3H3. The molecule has 1 N–H and O–H groups in total. The van der Waals surface area contributed by atoms with E-state index in [-0.39, 0.29) is 6.10 Å². The number of ether oxygens (including phenoxy) is 3. The smallest absolute Gasteiger partial charge is 0.161 e. The van der Waals surface area contributed by atoms with Crippen LogP contribution in [0.3, 0.4) is 0 Å². The SMILES string of the molecule is CCNCc1ccc(OCC2CCC(C)O2)c(OC)c1. The summed E-state index contributed by atoms with van der Waals surface area (Å²) >= 11 is 0. The van der Waals surface area contributed by atoms with Crippen molar-refractivity contribution in [3.63, 3.8) is 0 Å². The largest absolute Gasteiger partial charge is 0.493 e. The molecule has 0 aliphatic carbocycles. The third-order valence-corrected chi connectivity index (χ3v) is 3.55. The molecule has 1 aliphatic rings. The van der Waals surface area contributed by atoms with Crippen molar-refractivity contribution in [1.82, 2.24) is 5.32 Å². The van der Waals surface area contributed by atoms with Crippen LogP contribution in [0.2, 0.25) is 0 Å². The summed E-state index contributed by atoms with van der Waals surface area (Å²) in [5.41, 5.74) is 1.20. The zero-order valence-electron chi connectivity index (χ0n) is 12.6. The lowest BCUT2D eigenvalue weighted by molar-refractivity contribution is 0.0259. The highest BCUT2D eigenvalue weighted by Crippen LogP contribution is 2.29. The Morgan fingerprint density at radius 1 is 1.30 bits per heavy atom. The van der Waals surface area contributed by atoms with Gasteiger partial charge in [-0.1, -0.05) is 13.0 Å². The first-order valence-electron chi connectivity index (χ1n) is 7.38.